The third-order valence-electron chi connectivity index (χ3n) is 3.64. The predicted octanol–water partition coefficient (Wildman–Crippen LogP) is 2.39. The minimum atomic E-state index is -0.174. The zero-order valence-corrected chi connectivity index (χ0v) is 12.2. The lowest BCUT2D eigenvalue weighted by Crippen LogP contribution is -2.40. The topological polar surface area (TPSA) is 45.5 Å². The molecule has 1 fully saturated rings. The second-order valence-electron chi connectivity index (χ2n) is 5.41. The van der Waals surface area contributed by atoms with E-state index in [9.17, 15) is 9.90 Å². The molecule has 2 rings (SSSR count). The van der Waals surface area contributed by atoms with Gasteiger partial charge in [-0.15, -0.1) is 0 Å². The van der Waals surface area contributed by atoms with Crippen LogP contribution < -0.4 is 0 Å². The minimum absolute atomic E-state index is 0.00161. The summed E-state index contributed by atoms with van der Waals surface area (Å²) in [5.41, 5.74) is 0.647. The molecule has 5 heteroatoms. The van der Waals surface area contributed by atoms with Gasteiger partial charge in [0.05, 0.1) is 11.1 Å². The van der Waals surface area contributed by atoms with Crippen molar-refractivity contribution in [2.75, 3.05) is 13.6 Å². The number of hydrogen-bond acceptors (Lipinski definition) is 2. The molecule has 1 N–H and O–H groups in total. The van der Waals surface area contributed by atoms with Crippen molar-refractivity contribution in [1.82, 2.24) is 9.47 Å². The van der Waals surface area contributed by atoms with Crippen LogP contribution in [0.25, 0.3) is 0 Å². The van der Waals surface area contributed by atoms with Crippen molar-refractivity contribution in [2.45, 2.75) is 38.8 Å². The highest BCUT2D eigenvalue weighted by Crippen LogP contribution is 2.28. The van der Waals surface area contributed by atoms with Crippen LogP contribution in [0.1, 0.15) is 36.7 Å². The number of carbonyl (C=O) groups excluding carboxylic acids is 1. The van der Waals surface area contributed by atoms with Crippen LogP contribution in [0, 0.1) is 5.92 Å². The third-order valence-corrected chi connectivity index (χ3v) is 3.84. The molecule has 0 unspecified atom stereocenters. The largest absolute Gasteiger partial charge is 0.393 e. The van der Waals surface area contributed by atoms with E-state index in [0.29, 0.717) is 23.2 Å². The second-order valence-corrected chi connectivity index (χ2v) is 5.85. The Bertz CT molecular complexity index is 452. The number of amides is 1. The van der Waals surface area contributed by atoms with Gasteiger partial charge in [0.15, 0.2) is 0 Å². The smallest absolute Gasteiger partial charge is 0.270 e. The Morgan fingerprint density at radius 3 is 2.84 bits per heavy atom. The Morgan fingerprint density at radius 2 is 2.26 bits per heavy atom. The minimum Gasteiger partial charge on any atom is -0.393 e. The van der Waals surface area contributed by atoms with Crippen molar-refractivity contribution >= 4 is 17.5 Å². The molecule has 4 nitrogen and oxygen atoms in total. The van der Waals surface area contributed by atoms with Crippen molar-refractivity contribution in [3.05, 3.63) is 23.0 Å². The monoisotopic (exact) mass is 284 g/mol. The van der Waals surface area contributed by atoms with E-state index in [0.717, 1.165) is 25.8 Å². The number of carbonyl (C=O) groups is 1. The Balaban J connectivity index is 2.01. The molecule has 0 aromatic carbocycles. The van der Waals surface area contributed by atoms with Crippen LogP contribution >= 0.6 is 11.6 Å². The van der Waals surface area contributed by atoms with Gasteiger partial charge in [-0.25, -0.2) is 0 Å². The molecular weight excluding hydrogens is 264 g/mol. The van der Waals surface area contributed by atoms with Gasteiger partial charge in [0, 0.05) is 26.3 Å². The lowest BCUT2D eigenvalue weighted by atomic mass is 9.82. The van der Waals surface area contributed by atoms with Crippen LogP contribution in [0.15, 0.2) is 12.3 Å². The van der Waals surface area contributed by atoms with Gasteiger partial charge in [0.1, 0.15) is 5.69 Å². The van der Waals surface area contributed by atoms with Gasteiger partial charge in [-0.3, -0.25) is 4.79 Å². The first-order valence-electron chi connectivity index (χ1n) is 6.80. The van der Waals surface area contributed by atoms with Gasteiger partial charge < -0.3 is 14.6 Å². The molecule has 19 heavy (non-hydrogen) atoms. The van der Waals surface area contributed by atoms with Crippen molar-refractivity contribution in [3.63, 3.8) is 0 Å². The molecule has 1 saturated carbocycles. The fourth-order valence-corrected chi connectivity index (χ4v) is 2.82. The molecule has 1 aromatic rings. The summed E-state index contributed by atoms with van der Waals surface area (Å²) >= 11 is 5.99. The molecule has 0 aliphatic heterocycles. The number of rotatable bonds is 5. The van der Waals surface area contributed by atoms with Gasteiger partial charge in [-0.05, 0) is 31.2 Å². The fourth-order valence-electron chi connectivity index (χ4n) is 2.60. The van der Waals surface area contributed by atoms with E-state index in [1.807, 2.05) is 11.6 Å². The van der Waals surface area contributed by atoms with Gasteiger partial charge in [0.25, 0.3) is 5.91 Å². The van der Waals surface area contributed by atoms with Gasteiger partial charge in [0.2, 0.25) is 0 Å². The molecule has 0 spiro atoms. The van der Waals surface area contributed by atoms with E-state index in [1.165, 1.54) is 0 Å². The summed E-state index contributed by atoms with van der Waals surface area (Å²) in [7, 11) is 1.81. The Morgan fingerprint density at radius 1 is 1.58 bits per heavy atom. The van der Waals surface area contributed by atoms with Crippen LogP contribution in [0.4, 0.5) is 0 Å². The fraction of sp³-hybridized carbons (Fsp3) is 0.643. The number of nitrogens with zero attached hydrogens (tertiary/aromatic N) is 2. The first kappa shape index (κ1) is 14.4. The lowest BCUT2D eigenvalue weighted by molar-refractivity contribution is 0.0262. The maximum absolute atomic E-state index is 12.4. The average Bonchev–Trinajstić information content (AvgIpc) is 2.68. The quantitative estimate of drug-likeness (QED) is 0.902. The zero-order valence-electron chi connectivity index (χ0n) is 11.5. The Labute approximate surface area is 119 Å². The van der Waals surface area contributed by atoms with Crippen LogP contribution in [0.5, 0.6) is 0 Å². The standard InChI is InChI=1S/C14H21ClN2O2/c1-3-4-17-9-11(15)7-13(17)14(19)16(2)8-10-5-12(18)6-10/h7,9-10,12,18H,3-6,8H2,1-2H3. The number of aryl methyl sites for hydroxylation is 1. The van der Waals surface area contributed by atoms with E-state index < -0.39 is 0 Å². The number of aliphatic hydroxyl groups excluding tert-OH is 1. The van der Waals surface area contributed by atoms with Gasteiger partial charge >= 0.3 is 0 Å². The van der Waals surface area contributed by atoms with Crippen LogP contribution in [0.2, 0.25) is 5.02 Å². The predicted molar refractivity (Wildman–Crippen MR) is 75.4 cm³/mol. The van der Waals surface area contributed by atoms with E-state index in [4.69, 9.17) is 11.6 Å². The van der Waals surface area contributed by atoms with Crippen molar-refractivity contribution < 1.29 is 9.90 Å². The van der Waals surface area contributed by atoms with Crippen molar-refractivity contribution in [1.29, 1.82) is 0 Å². The highest BCUT2D eigenvalue weighted by molar-refractivity contribution is 6.31. The van der Waals surface area contributed by atoms with Gasteiger partial charge in [-0.2, -0.15) is 0 Å². The molecule has 0 radical (unpaired) electrons. The normalized spacial score (nSPS) is 22.1. The van der Waals surface area contributed by atoms with Crippen molar-refractivity contribution in [2.24, 2.45) is 5.92 Å². The summed E-state index contributed by atoms with van der Waals surface area (Å²) in [5.74, 6) is 0.427. The SMILES string of the molecule is CCCn1cc(Cl)cc1C(=O)N(C)CC1CC(O)C1. The summed E-state index contributed by atoms with van der Waals surface area (Å²) in [6.07, 6.45) is 4.19. The van der Waals surface area contributed by atoms with Crippen LogP contribution in [-0.4, -0.2) is 40.2 Å². The number of aromatic nitrogens is 1. The molecule has 1 aromatic heterocycles. The van der Waals surface area contributed by atoms with Crippen LogP contribution in [0.3, 0.4) is 0 Å². The molecule has 0 atom stereocenters. The first-order valence-corrected chi connectivity index (χ1v) is 7.18. The Kier molecular flexibility index (Phi) is 4.53. The first-order chi connectivity index (χ1) is 9.01. The highest BCUT2D eigenvalue weighted by Gasteiger charge is 2.29. The highest BCUT2D eigenvalue weighted by atomic mass is 35.5. The number of halogens is 1. The molecule has 106 valence electrons. The summed E-state index contributed by atoms with van der Waals surface area (Å²) in [6, 6.07) is 1.73. The molecule has 1 amide bonds. The summed E-state index contributed by atoms with van der Waals surface area (Å²) in [6.45, 7) is 3.57. The van der Waals surface area contributed by atoms with E-state index in [-0.39, 0.29) is 12.0 Å². The van der Waals surface area contributed by atoms with E-state index >= 15 is 0 Å². The van der Waals surface area contributed by atoms with Gasteiger partial charge in [-0.1, -0.05) is 18.5 Å². The zero-order chi connectivity index (χ0) is 14.0. The third kappa shape index (κ3) is 3.31. The summed E-state index contributed by atoms with van der Waals surface area (Å²) in [4.78, 5) is 14.1. The maximum atomic E-state index is 12.4. The molecule has 0 bridgehead atoms. The summed E-state index contributed by atoms with van der Waals surface area (Å²) in [5, 5.41) is 9.88. The molecule has 0 saturated heterocycles. The molecular formula is C14H21ClN2O2. The number of aliphatic hydroxyl groups is 1. The molecule has 1 aliphatic rings. The molecule has 1 aliphatic carbocycles. The van der Waals surface area contributed by atoms with Crippen molar-refractivity contribution in [3.8, 4) is 0 Å². The Hall–Kier alpha value is -1.00. The number of hydrogen-bond donors (Lipinski definition) is 1. The van der Waals surface area contributed by atoms with E-state index in [2.05, 4.69) is 6.92 Å². The summed E-state index contributed by atoms with van der Waals surface area (Å²) < 4.78 is 1.91. The maximum Gasteiger partial charge on any atom is 0.270 e. The van der Waals surface area contributed by atoms with Crippen LogP contribution in [-0.2, 0) is 6.54 Å². The van der Waals surface area contributed by atoms with E-state index in [1.54, 1.807) is 17.2 Å². The average molecular weight is 285 g/mol. The molecule has 1 heterocycles. The second kappa shape index (κ2) is 5.97. The lowest BCUT2D eigenvalue weighted by Gasteiger charge is -2.34.